The molecule has 2 heterocycles. The van der Waals surface area contributed by atoms with E-state index in [0.717, 1.165) is 5.41 Å². The second-order valence-corrected chi connectivity index (χ2v) is 9.41. The van der Waals surface area contributed by atoms with Crippen molar-refractivity contribution in [2.75, 3.05) is 25.5 Å². The molecule has 0 atom stereocenters. The first kappa shape index (κ1) is 30.5. The number of aromatic nitrogens is 4. The van der Waals surface area contributed by atoms with Gasteiger partial charge in [-0.2, -0.15) is 4.98 Å². The van der Waals surface area contributed by atoms with Gasteiger partial charge in [-0.05, 0) is 36.8 Å². The van der Waals surface area contributed by atoms with Crippen molar-refractivity contribution in [2.45, 2.75) is 13.8 Å². The molecule has 4 aromatic rings. The third-order valence-corrected chi connectivity index (χ3v) is 5.87. The number of para-hydroxylation sites is 2. The summed E-state index contributed by atoms with van der Waals surface area (Å²) in [6, 6.07) is 17.5. The number of hydrogen-bond acceptors (Lipinski definition) is 11. The molecule has 0 spiro atoms. The molecule has 0 unspecified atom stereocenters. The number of rotatable bonds is 10. The van der Waals surface area contributed by atoms with Crippen molar-refractivity contribution in [3.63, 3.8) is 0 Å². The van der Waals surface area contributed by atoms with Gasteiger partial charge in [-0.1, -0.05) is 42.5 Å². The zero-order chi connectivity index (χ0) is 29.7. The Bertz CT molecular complexity index is 1570. The minimum atomic E-state index is -4.02. The first-order valence-electron chi connectivity index (χ1n) is 12.2. The van der Waals surface area contributed by atoms with Crippen LogP contribution in [0.3, 0.4) is 0 Å². The zero-order valence-corrected chi connectivity index (χ0v) is 23.7. The van der Waals surface area contributed by atoms with Crippen LogP contribution < -0.4 is 18.9 Å². The van der Waals surface area contributed by atoms with E-state index in [4.69, 9.17) is 14.2 Å². The summed E-state index contributed by atoms with van der Waals surface area (Å²) in [5.74, 6) is 0.477. The van der Waals surface area contributed by atoms with E-state index in [0.29, 0.717) is 23.7 Å². The van der Waals surface area contributed by atoms with Crippen LogP contribution in [0.1, 0.15) is 19.4 Å². The summed E-state index contributed by atoms with van der Waals surface area (Å²) in [7, 11) is -1.15. The number of anilines is 1. The van der Waals surface area contributed by atoms with Crippen molar-refractivity contribution in [2.24, 2.45) is 0 Å². The number of nitrogens with one attached hydrogen (secondary N) is 1. The van der Waals surface area contributed by atoms with Gasteiger partial charge in [0.1, 0.15) is 0 Å². The Hall–Kier alpha value is -5.04. The van der Waals surface area contributed by atoms with Crippen molar-refractivity contribution in [3.8, 4) is 34.8 Å². The fraction of sp³-hybridized carbons (Fsp3) is 0.179. The maximum absolute atomic E-state index is 12.9. The van der Waals surface area contributed by atoms with E-state index in [-0.39, 0.29) is 35.1 Å². The van der Waals surface area contributed by atoms with Crippen LogP contribution >= 0.6 is 0 Å². The van der Waals surface area contributed by atoms with Crippen molar-refractivity contribution in [1.29, 1.82) is 0 Å². The van der Waals surface area contributed by atoms with E-state index in [9.17, 15) is 13.2 Å². The third-order valence-electron chi connectivity index (χ3n) is 4.90. The molecule has 214 valence electrons. The fourth-order valence-corrected chi connectivity index (χ4v) is 3.97. The minimum absolute atomic E-state index is 0.0295. The summed E-state index contributed by atoms with van der Waals surface area (Å²) in [5, 5.41) is 1.03. The van der Waals surface area contributed by atoms with Crippen LogP contribution in [-0.2, 0) is 19.6 Å². The topological polar surface area (TPSA) is 152 Å². The molecule has 41 heavy (non-hydrogen) atoms. The molecule has 0 saturated carbocycles. The van der Waals surface area contributed by atoms with Crippen LogP contribution in [0.25, 0.3) is 17.7 Å². The standard InChI is InChI=1S/C24H21N5O5S.C4H8O2/c1-32-18-11-6-7-12-19(18)34-20-21(29-35(30,31)16-13-17-9-4-3-5-10-17)27-23(28-24(20)33-2)22-25-14-8-15-26-22;1-3-6-4(2)5/h3-16H,1-2H3,(H,27,28,29);3H2,1-2H3/b16-13+;. The molecule has 0 aliphatic heterocycles. The Balaban J connectivity index is 0.000000696. The number of carbonyl (C=O) groups is 1. The summed E-state index contributed by atoms with van der Waals surface area (Å²) in [6.07, 6.45) is 4.50. The average Bonchev–Trinajstić information content (AvgIpc) is 2.98. The molecule has 0 fully saturated rings. The SMILES string of the molecule is CCOC(C)=O.COc1ccccc1Oc1c(NS(=O)(=O)/C=C/c2ccccc2)nc(-c2ncccn2)nc1OC. The highest BCUT2D eigenvalue weighted by Gasteiger charge is 2.23. The monoisotopic (exact) mass is 579 g/mol. The number of esters is 1. The molecular weight excluding hydrogens is 550 g/mol. The molecule has 2 aromatic carbocycles. The second-order valence-electron chi connectivity index (χ2n) is 7.84. The van der Waals surface area contributed by atoms with Gasteiger partial charge in [-0.25, -0.2) is 23.4 Å². The van der Waals surface area contributed by atoms with Crippen LogP contribution in [0, 0.1) is 0 Å². The Labute approximate surface area is 238 Å². The molecule has 12 nitrogen and oxygen atoms in total. The summed E-state index contributed by atoms with van der Waals surface area (Å²) in [4.78, 5) is 26.7. The Morgan fingerprint density at radius 3 is 2.12 bits per heavy atom. The van der Waals surface area contributed by atoms with Gasteiger partial charge < -0.3 is 18.9 Å². The van der Waals surface area contributed by atoms with E-state index < -0.39 is 10.0 Å². The number of hydrogen-bond donors (Lipinski definition) is 1. The molecule has 0 bridgehead atoms. The predicted octanol–water partition coefficient (Wildman–Crippen LogP) is 4.73. The van der Waals surface area contributed by atoms with E-state index in [1.165, 1.54) is 39.6 Å². The van der Waals surface area contributed by atoms with Gasteiger partial charge in [-0.15, -0.1) is 0 Å². The minimum Gasteiger partial charge on any atom is -0.493 e. The fourth-order valence-electron chi connectivity index (χ4n) is 3.16. The van der Waals surface area contributed by atoms with Crippen molar-refractivity contribution >= 4 is 27.9 Å². The number of nitrogens with zero attached hydrogens (tertiary/aromatic N) is 4. The van der Waals surface area contributed by atoms with Crippen molar-refractivity contribution in [3.05, 3.63) is 84.0 Å². The Morgan fingerprint density at radius 1 is 0.878 bits per heavy atom. The smallest absolute Gasteiger partial charge is 0.302 e. The number of benzene rings is 2. The van der Waals surface area contributed by atoms with E-state index in [2.05, 4.69) is 29.4 Å². The van der Waals surface area contributed by atoms with E-state index >= 15 is 0 Å². The quantitative estimate of drug-likeness (QED) is 0.260. The molecule has 2 aromatic heterocycles. The first-order valence-corrected chi connectivity index (χ1v) is 13.7. The van der Waals surface area contributed by atoms with Gasteiger partial charge in [0.15, 0.2) is 23.1 Å². The zero-order valence-electron chi connectivity index (χ0n) is 22.8. The number of carbonyl (C=O) groups excluding carboxylic acids is 1. The van der Waals surface area contributed by atoms with Crippen LogP contribution in [0.4, 0.5) is 5.82 Å². The van der Waals surface area contributed by atoms with Gasteiger partial charge in [0, 0.05) is 19.3 Å². The number of ether oxygens (including phenoxy) is 4. The highest BCUT2D eigenvalue weighted by molar-refractivity contribution is 7.95. The maximum atomic E-state index is 12.9. The summed E-state index contributed by atoms with van der Waals surface area (Å²) in [5.41, 5.74) is 0.710. The Kier molecular flexibility index (Phi) is 11.1. The van der Waals surface area contributed by atoms with Crippen LogP contribution in [0.2, 0.25) is 0 Å². The van der Waals surface area contributed by atoms with Crippen LogP contribution in [0.5, 0.6) is 23.1 Å². The summed E-state index contributed by atoms with van der Waals surface area (Å²) < 4.78 is 49.4. The molecule has 13 heteroatoms. The lowest BCUT2D eigenvalue weighted by Crippen LogP contribution is -2.13. The lowest BCUT2D eigenvalue weighted by Gasteiger charge is -2.16. The summed E-state index contributed by atoms with van der Waals surface area (Å²) >= 11 is 0. The molecule has 4 rings (SSSR count). The second kappa shape index (κ2) is 14.9. The number of methoxy groups -OCH3 is 2. The van der Waals surface area contributed by atoms with Gasteiger partial charge in [0.05, 0.1) is 26.2 Å². The highest BCUT2D eigenvalue weighted by Crippen LogP contribution is 2.40. The normalized spacial score (nSPS) is 10.7. The molecule has 0 saturated heterocycles. The van der Waals surface area contributed by atoms with Gasteiger partial charge in [-0.3, -0.25) is 9.52 Å². The van der Waals surface area contributed by atoms with Crippen LogP contribution in [0.15, 0.2) is 78.5 Å². The third kappa shape index (κ3) is 9.28. The van der Waals surface area contributed by atoms with Gasteiger partial charge in [0.2, 0.25) is 11.6 Å². The molecule has 0 radical (unpaired) electrons. The van der Waals surface area contributed by atoms with E-state index in [1.807, 2.05) is 6.07 Å². The molecule has 1 N–H and O–H groups in total. The maximum Gasteiger partial charge on any atom is 0.302 e. The molecule has 0 aliphatic carbocycles. The lowest BCUT2D eigenvalue weighted by molar-refractivity contribution is -0.140. The number of sulfonamides is 1. The van der Waals surface area contributed by atoms with Crippen LogP contribution in [-0.4, -0.2) is 55.1 Å². The van der Waals surface area contributed by atoms with Gasteiger partial charge >= 0.3 is 5.97 Å². The average molecular weight is 580 g/mol. The molecule has 0 amide bonds. The van der Waals surface area contributed by atoms with E-state index in [1.54, 1.807) is 61.5 Å². The highest BCUT2D eigenvalue weighted by atomic mass is 32.2. The lowest BCUT2D eigenvalue weighted by atomic mass is 10.2. The van der Waals surface area contributed by atoms with Gasteiger partial charge in [0.25, 0.3) is 15.9 Å². The molecule has 0 aliphatic rings. The van der Waals surface area contributed by atoms with Crippen molar-refractivity contribution < 1.29 is 32.2 Å². The predicted molar refractivity (Wildman–Crippen MR) is 153 cm³/mol. The van der Waals surface area contributed by atoms with Crippen molar-refractivity contribution in [1.82, 2.24) is 19.9 Å². The first-order chi connectivity index (χ1) is 19.8. The molecular formula is C28H29N5O7S. The summed E-state index contributed by atoms with van der Waals surface area (Å²) in [6.45, 7) is 3.65. The Morgan fingerprint density at radius 2 is 1.54 bits per heavy atom. The largest absolute Gasteiger partial charge is 0.493 e.